The van der Waals surface area contributed by atoms with Crippen LogP contribution in [0.15, 0.2) is 54.1 Å². The molecule has 1 aromatic heterocycles. The number of thiazole rings is 1. The molecule has 0 radical (unpaired) electrons. The number of amides is 1. The van der Waals surface area contributed by atoms with Gasteiger partial charge in [0, 0.05) is 10.4 Å². The first-order valence-electron chi connectivity index (χ1n) is 9.32. The van der Waals surface area contributed by atoms with Crippen LogP contribution in [0.4, 0.5) is 5.13 Å². The molecular formula is C23H21N3O3S. The summed E-state index contributed by atoms with van der Waals surface area (Å²) < 4.78 is 10.6. The van der Waals surface area contributed by atoms with E-state index < -0.39 is 5.91 Å². The van der Waals surface area contributed by atoms with Gasteiger partial charge < -0.3 is 9.47 Å². The van der Waals surface area contributed by atoms with Gasteiger partial charge >= 0.3 is 0 Å². The van der Waals surface area contributed by atoms with Crippen molar-refractivity contribution in [2.45, 2.75) is 13.8 Å². The van der Waals surface area contributed by atoms with Crippen molar-refractivity contribution in [2.75, 3.05) is 19.0 Å². The minimum absolute atomic E-state index is 0.00404. The SMILES string of the molecule is CCOc1ccc(-c2nc(NC(=O)/C(C#N)=C/c3ccc(OC)cc3)sc2C)cc1. The summed E-state index contributed by atoms with van der Waals surface area (Å²) in [5, 5.41) is 12.6. The predicted molar refractivity (Wildman–Crippen MR) is 119 cm³/mol. The average molecular weight is 420 g/mol. The molecule has 3 aromatic rings. The zero-order chi connectivity index (χ0) is 21.5. The molecule has 0 aliphatic heterocycles. The van der Waals surface area contributed by atoms with Crippen molar-refractivity contribution >= 4 is 28.5 Å². The van der Waals surface area contributed by atoms with E-state index >= 15 is 0 Å². The molecule has 30 heavy (non-hydrogen) atoms. The molecule has 0 unspecified atom stereocenters. The number of methoxy groups -OCH3 is 1. The smallest absolute Gasteiger partial charge is 0.268 e. The number of ether oxygens (including phenoxy) is 2. The third kappa shape index (κ3) is 5.04. The Hall–Kier alpha value is -3.63. The molecule has 0 saturated carbocycles. The normalized spacial score (nSPS) is 10.9. The zero-order valence-corrected chi connectivity index (χ0v) is 17.7. The molecule has 0 fully saturated rings. The van der Waals surface area contributed by atoms with Crippen molar-refractivity contribution in [2.24, 2.45) is 0 Å². The number of nitriles is 1. The third-order valence-electron chi connectivity index (χ3n) is 4.25. The molecular weight excluding hydrogens is 398 g/mol. The molecule has 0 atom stereocenters. The van der Waals surface area contributed by atoms with Crippen molar-refractivity contribution in [1.82, 2.24) is 4.98 Å². The monoisotopic (exact) mass is 419 g/mol. The fourth-order valence-corrected chi connectivity index (χ4v) is 3.60. The highest BCUT2D eigenvalue weighted by Crippen LogP contribution is 2.31. The highest BCUT2D eigenvalue weighted by Gasteiger charge is 2.15. The van der Waals surface area contributed by atoms with Gasteiger partial charge in [-0.25, -0.2) is 4.98 Å². The number of anilines is 1. The van der Waals surface area contributed by atoms with Crippen LogP contribution in [-0.2, 0) is 4.79 Å². The second-order valence-corrected chi connectivity index (χ2v) is 7.48. The van der Waals surface area contributed by atoms with Gasteiger partial charge in [0.15, 0.2) is 5.13 Å². The van der Waals surface area contributed by atoms with Crippen LogP contribution in [0, 0.1) is 18.3 Å². The van der Waals surface area contributed by atoms with E-state index in [1.807, 2.05) is 44.2 Å². The van der Waals surface area contributed by atoms with Gasteiger partial charge in [0.05, 0.1) is 19.4 Å². The van der Waals surface area contributed by atoms with Crippen LogP contribution < -0.4 is 14.8 Å². The number of aromatic nitrogens is 1. The van der Waals surface area contributed by atoms with Crippen LogP contribution in [0.3, 0.4) is 0 Å². The van der Waals surface area contributed by atoms with Gasteiger partial charge in [-0.2, -0.15) is 5.26 Å². The molecule has 7 heteroatoms. The fourth-order valence-electron chi connectivity index (χ4n) is 2.77. The van der Waals surface area contributed by atoms with Crippen molar-refractivity contribution in [3.63, 3.8) is 0 Å². The van der Waals surface area contributed by atoms with E-state index in [0.29, 0.717) is 17.5 Å². The summed E-state index contributed by atoms with van der Waals surface area (Å²) in [5.41, 5.74) is 2.45. The van der Waals surface area contributed by atoms with Gasteiger partial charge in [0.2, 0.25) is 0 Å². The molecule has 1 amide bonds. The number of hydrogen-bond donors (Lipinski definition) is 1. The van der Waals surface area contributed by atoms with E-state index in [2.05, 4.69) is 10.3 Å². The number of carbonyl (C=O) groups is 1. The quantitative estimate of drug-likeness (QED) is 0.427. The van der Waals surface area contributed by atoms with E-state index in [1.165, 1.54) is 17.4 Å². The number of carbonyl (C=O) groups excluding carboxylic acids is 1. The summed E-state index contributed by atoms with van der Waals surface area (Å²) in [7, 11) is 1.58. The third-order valence-corrected chi connectivity index (χ3v) is 5.13. The summed E-state index contributed by atoms with van der Waals surface area (Å²) in [5.74, 6) is 1.00. The number of benzene rings is 2. The Kier molecular flexibility index (Phi) is 6.83. The lowest BCUT2D eigenvalue weighted by Gasteiger charge is -2.04. The average Bonchev–Trinajstić information content (AvgIpc) is 3.13. The van der Waals surface area contributed by atoms with Crippen molar-refractivity contribution in [1.29, 1.82) is 5.26 Å². The molecule has 2 aromatic carbocycles. The summed E-state index contributed by atoms with van der Waals surface area (Å²) in [6, 6.07) is 16.7. The molecule has 0 aliphatic carbocycles. The minimum Gasteiger partial charge on any atom is -0.497 e. The van der Waals surface area contributed by atoms with Crippen molar-refractivity contribution in [3.8, 4) is 28.8 Å². The van der Waals surface area contributed by atoms with Crippen LogP contribution in [0.1, 0.15) is 17.4 Å². The van der Waals surface area contributed by atoms with Crippen LogP contribution >= 0.6 is 11.3 Å². The predicted octanol–water partition coefficient (Wildman–Crippen LogP) is 5.07. The minimum atomic E-state index is -0.500. The largest absolute Gasteiger partial charge is 0.497 e. The maximum absolute atomic E-state index is 12.6. The highest BCUT2D eigenvalue weighted by atomic mass is 32.1. The van der Waals surface area contributed by atoms with Gasteiger partial charge in [0.1, 0.15) is 23.1 Å². The van der Waals surface area contributed by atoms with Crippen LogP contribution in [-0.4, -0.2) is 24.6 Å². The van der Waals surface area contributed by atoms with E-state index in [-0.39, 0.29) is 5.57 Å². The highest BCUT2D eigenvalue weighted by molar-refractivity contribution is 7.16. The standard InChI is InChI=1S/C23H21N3O3S/c1-4-29-20-11-7-17(8-12-20)21-15(2)30-23(25-21)26-22(27)18(14-24)13-16-5-9-19(28-3)10-6-16/h5-13H,4H2,1-3H3,(H,25,26,27)/b18-13+. The molecule has 6 nitrogen and oxygen atoms in total. The topological polar surface area (TPSA) is 84.2 Å². The Morgan fingerprint density at radius 1 is 1.17 bits per heavy atom. The van der Waals surface area contributed by atoms with E-state index in [0.717, 1.165) is 27.4 Å². The number of aryl methyl sites for hydroxylation is 1. The van der Waals surface area contributed by atoms with Gasteiger partial charge in [0.25, 0.3) is 5.91 Å². The summed E-state index contributed by atoms with van der Waals surface area (Å²) in [6.45, 7) is 4.49. The Balaban J connectivity index is 1.76. The number of nitrogens with one attached hydrogen (secondary N) is 1. The maximum atomic E-state index is 12.6. The van der Waals surface area contributed by atoms with Crippen molar-refractivity contribution < 1.29 is 14.3 Å². The summed E-state index contributed by atoms with van der Waals surface area (Å²) >= 11 is 1.36. The number of nitrogens with zero attached hydrogens (tertiary/aromatic N) is 2. The lowest BCUT2D eigenvalue weighted by atomic mass is 10.1. The Morgan fingerprint density at radius 2 is 1.83 bits per heavy atom. The van der Waals surface area contributed by atoms with E-state index in [4.69, 9.17) is 9.47 Å². The Labute approximate surface area is 179 Å². The van der Waals surface area contributed by atoms with E-state index in [1.54, 1.807) is 31.4 Å². The molecule has 0 saturated heterocycles. The van der Waals surface area contributed by atoms with Crippen LogP contribution in [0.2, 0.25) is 0 Å². The molecule has 0 spiro atoms. The van der Waals surface area contributed by atoms with E-state index in [9.17, 15) is 10.1 Å². The fraction of sp³-hybridized carbons (Fsp3) is 0.174. The van der Waals surface area contributed by atoms with Crippen LogP contribution in [0.5, 0.6) is 11.5 Å². The second-order valence-electron chi connectivity index (χ2n) is 6.28. The van der Waals surface area contributed by atoms with Crippen molar-refractivity contribution in [3.05, 3.63) is 64.5 Å². The second kappa shape index (κ2) is 9.72. The summed E-state index contributed by atoms with van der Waals surface area (Å²) in [6.07, 6.45) is 1.53. The molecule has 3 rings (SSSR count). The first kappa shape index (κ1) is 21.1. The van der Waals surface area contributed by atoms with Gasteiger partial charge in [-0.1, -0.05) is 12.1 Å². The lowest BCUT2D eigenvalue weighted by molar-refractivity contribution is -0.112. The lowest BCUT2D eigenvalue weighted by Crippen LogP contribution is -2.13. The summed E-state index contributed by atoms with van der Waals surface area (Å²) in [4.78, 5) is 18.1. The molecule has 0 aliphatic rings. The van der Waals surface area contributed by atoms with Gasteiger partial charge in [-0.15, -0.1) is 11.3 Å². The van der Waals surface area contributed by atoms with Gasteiger partial charge in [-0.05, 0) is 61.9 Å². The Morgan fingerprint density at radius 3 is 2.43 bits per heavy atom. The Bertz CT molecular complexity index is 1090. The maximum Gasteiger partial charge on any atom is 0.268 e. The molecule has 1 heterocycles. The zero-order valence-electron chi connectivity index (χ0n) is 16.9. The molecule has 0 bridgehead atoms. The first-order chi connectivity index (χ1) is 14.5. The number of hydrogen-bond acceptors (Lipinski definition) is 6. The van der Waals surface area contributed by atoms with Gasteiger partial charge in [-0.3, -0.25) is 10.1 Å². The van der Waals surface area contributed by atoms with Crippen LogP contribution in [0.25, 0.3) is 17.3 Å². The molecule has 152 valence electrons. The molecule has 1 N–H and O–H groups in total. The first-order valence-corrected chi connectivity index (χ1v) is 10.1. The number of rotatable bonds is 7.